The van der Waals surface area contributed by atoms with Gasteiger partial charge in [0.1, 0.15) is 11.3 Å². The Morgan fingerprint density at radius 3 is 2.29 bits per heavy atom. The molecular formula is C24H28F2N6O3. The Hall–Kier alpha value is -3.44. The van der Waals surface area contributed by atoms with Crippen LogP contribution in [-0.2, 0) is 13.1 Å². The molecule has 3 aromatic rings. The van der Waals surface area contributed by atoms with E-state index in [9.17, 15) is 4.79 Å². The van der Waals surface area contributed by atoms with Crippen LogP contribution in [0.4, 0.5) is 25.0 Å². The number of aromatic nitrogens is 2. The van der Waals surface area contributed by atoms with Crippen molar-refractivity contribution in [3.05, 3.63) is 41.2 Å². The summed E-state index contributed by atoms with van der Waals surface area (Å²) in [7, 11) is 6.25. The fraction of sp³-hybridized carbons (Fsp3) is 0.417. The Labute approximate surface area is 201 Å². The summed E-state index contributed by atoms with van der Waals surface area (Å²) in [5.41, 5.74) is 2.50. The van der Waals surface area contributed by atoms with Gasteiger partial charge in [-0.2, -0.15) is 0 Å². The number of amides is 2. The van der Waals surface area contributed by atoms with E-state index in [-0.39, 0.29) is 18.0 Å². The second-order valence-corrected chi connectivity index (χ2v) is 8.95. The van der Waals surface area contributed by atoms with E-state index in [0.717, 1.165) is 54.8 Å². The van der Waals surface area contributed by atoms with Crippen molar-refractivity contribution in [1.29, 1.82) is 0 Å². The van der Waals surface area contributed by atoms with E-state index in [1.165, 1.54) is 19.1 Å². The van der Waals surface area contributed by atoms with Gasteiger partial charge in [-0.3, -0.25) is 14.7 Å². The highest BCUT2D eigenvalue weighted by atomic mass is 19.1. The predicted octanol–water partition coefficient (Wildman–Crippen LogP) is 3.18. The van der Waals surface area contributed by atoms with Crippen molar-refractivity contribution < 1.29 is 23.0 Å². The van der Waals surface area contributed by atoms with Gasteiger partial charge < -0.3 is 19.4 Å². The molecule has 2 aliphatic heterocycles. The second-order valence-electron chi connectivity index (χ2n) is 8.95. The van der Waals surface area contributed by atoms with E-state index in [1.807, 2.05) is 6.07 Å². The van der Waals surface area contributed by atoms with Crippen LogP contribution in [0, 0.1) is 11.6 Å². The number of carbonyl (C=O) groups excluding carboxylic acids is 1. The molecule has 0 unspecified atom stereocenters. The van der Waals surface area contributed by atoms with Gasteiger partial charge in [0.05, 0.1) is 26.5 Å². The van der Waals surface area contributed by atoms with Crippen molar-refractivity contribution in [2.45, 2.75) is 13.1 Å². The minimum Gasteiger partial charge on any atom is -0.493 e. The van der Waals surface area contributed by atoms with Crippen LogP contribution in [0.2, 0.25) is 0 Å². The summed E-state index contributed by atoms with van der Waals surface area (Å²) in [6, 6.07) is 2.56. The Balaban J connectivity index is 1.51. The van der Waals surface area contributed by atoms with Gasteiger partial charge in [-0.05, 0) is 13.1 Å². The number of nitrogens with one attached hydrogen (secondary N) is 1. The maximum absolute atomic E-state index is 15.2. The number of piperazine rings is 1. The van der Waals surface area contributed by atoms with Gasteiger partial charge >= 0.3 is 6.03 Å². The van der Waals surface area contributed by atoms with Crippen LogP contribution in [0.1, 0.15) is 11.3 Å². The lowest BCUT2D eigenvalue weighted by molar-refractivity contribution is 0.147. The van der Waals surface area contributed by atoms with Crippen molar-refractivity contribution in [3.63, 3.8) is 0 Å². The van der Waals surface area contributed by atoms with E-state index < -0.39 is 23.4 Å². The number of ether oxygens (including phenoxy) is 2. The molecule has 0 bridgehead atoms. The highest BCUT2D eigenvalue weighted by Gasteiger charge is 2.36. The van der Waals surface area contributed by atoms with Crippen molar-refractivity contribution >= 4 is 28.4 Å². The van der Waals surface area contributed by atoms with E-state index in [0.29, 0.717) is 16.9 Å². The van der Waals surface area contributed by atoms with Crippen molar-refractivity contribution in [1.82, 2.24) is 19.8 Å². The van der Waals surface area contributed by atoms with Gasteiger partial charge in [0.25, 0.3) is 0 Å². The van der Waals surface area contributed by atoms with Crippen LogP contribution in [0.5, 0.6) is 11.5 Å². The highest BCUT2D eigenvalue weighted by molar-refractivity contribution is 6.11. The molecule has 11 heteroatoms. The summed E-state index contributed by atoms with van der Waals surface area (Å²) < 4.78 is 40.4. The molecule has 5 rings (SSSR count). The van der Waals surface area contributed by atoms with E-state index in [2.05, 4.69) is 26.8 Å². The third-order valence-corrected chi connectivity index (χ3v) is 6.75. The number of methoxy groups -OCH3 is 2. The Morgan fingerprint density at radius 2 is 1.66 bits per heavy atom. The number of anilines is 2. The fourth-order valence-corrected chi connectivity index (χ4v) is 4.80. The third kappa shape index (κ3) is 3.94. The molecule has 1 fully saturated rings. The van der Waals surface area contributed by atoms with Crippen LogP contribution in [0.3, 0.4) is 0 Å². The number of halogens is 2. The topological polar surface area (TPSA) is 77.2 Å². The zero-order valence-corrected chi connectivity index (χ0v) is 20.2. The Morgan fingerprint density at radius 1 is 1.00 bits per heavy atom. The molecular weight excluding hydrogens is 458 g/mol. The number of pyridine rings is 1. The number of fused-ring (bicyclic) bond motifs is 3. The number of nitrogens with zero attached hydrogens (tertiary/aromatic N) is 5. The molecule has 1 N–H and O–H groups in total. The molecule has 35 heavy (non-hydrogen) atoms. The molecule has 0 spiro atoms. The summed E-state index contributed by atoms with van der Waals surface area (Å²) in [4.78, 5) is 28.4. The molecule has 186 valence electrons. The molecule has 0 saturated carbocycles. The molecule has 1 aromatic carbocycles. The van der Waals surface area contributed by atoms with Crippen LogP contribution >= 0.6 is 0 Å². The summed E-state index contributed by atoms with van der Waals surface area (Å²) in [5, 5.41) is 0.797. The van der Waals surface area contributed by atoms with Gasteiger partial charge in [0.2, 0.25) is 0 Å². The summed E-state index contributed by atoms with van der Waals surface area (Å²) >= 11 is 0. The van der Waals surface area contributed by atoms with Crippen molar-refractivity contribution in [2.24, 2.45) is 0 Å². The minimum absolute atomic E-state index is 0.0510. The standard InChI is InChI=1S/C24H28F2N6O3/c1-29-5-7-31(8-6-29)13-15-9-16-21-14(11-27-23(16)28-15)12-32(24(33)30(21)2)22-19(25)17(34-3)10-18(35-4)20(22)26/h9-11H,5-8,12-13H2,1-4H3,(H,27,28). The Bertz CT molecular complexity index is 1260. The van der Waals surface area contributed by atoms with Gasteiger partial charge in [0.15, 0.2) is 23.1 Å². The molecule has 0 radical (unpaired) electrons. The number of hydrogen-bond donors (Lipinski definition) is 1. The van der Waals surface area contributed by atoms with Gasteiger partial charge in [0, 0.05) is 68.7 Å². The lowest BCUT2D eigenvalue weighted by atomic mass is 10.1. The molecule has 0 aliphatic carbocycles. The second kappa shape index (κ2) is 8.97. The first kappa shape index (κ1) is 23.3. The maximum atomic E-state index is 15.2. The summed E-state index contributed by atoms with van der Waals surface area (Å²) in [6.45, 7) is 4.69. The zero-order valence-electron chi connectivity index (χ0n) is 20.2. The average Bonchev–Trinajstić information content (AvgIpc) is 3.26. The molecule has 1 saturated heterocycles. The molecule has 4 heterocycles. The molecule has 9 nitrogen and oxygen atoms in total. The Kier molecular flexibility index (Phi) is 5.97. The lowest BCUT2D eigenvalue weighted by Crippen LogP contribution is -2.46. The zero-order chi connectivity index (χ0) is 24.9. The summed E-state index contributed by atoms with van der Waals surface area (Å²) in [5.74, 6) is -2.37. The SMILES string of the molecule is COc1cc(OC)c(F)c(N2Cc3cnc4[nH]c(CN5CCN(C)CC5)cc4c3N(C)C2=O)c1F. The number of urea groups is 1. The number of rotatable bonds is 5. The van der Waals surface area contributed by atoms with Crippen LogP contribution in [0.25, 0.3) is 11.0 Å². The van der Waals surface area contributed by atoms with E-state index in [4.69, 9.17) is 9.47 Å². The smallest absolute Gasteiger partial charge is 0.329 e. The quantitative estimate of drug-likeness (QED) is 0.597. The van der Waals surface area contributed by atoms with Crippen LogP contribution < -0.4 is 19.3 Å². The first-order chi connectivity index (χ1) is 16.8. The molecule has 2 amide bonds. The van der Waals surface area contributed by atoms with Gasteiger partial charge in [-0.25, -0.2) is 18.6 Å². The normalized spacial score (nSPS) is 17.3. The average molecular weight is 487 g/mol. The van der Waals surface area contributed by atoms with Gasteiger partial charge in [-0.15, -0.1) is 0 Å². The molecule has 2 aromatic heterocycles. The van der Waals surface area contributed by atoms with E-state index >= 15 is 8.78 Å². The fourth-order valence-electron chi connectivity index (χ4n) is 4.80. The number of H-pyrrole nitrogens is 1. The van der Waals surface area contributed by atoms with Crippen molar-refractivity contribution in [2.75, 3.05) is 64.3 Å². The predicted molar refractivity (Wildman–Crippen MR) is 128 cm³/mol. The first-order valence-corrected chi connectivity index (χ1v) is 11.4. The monoisotopic (exact) mass is 486 g/mol. The van der Waals surface area contributed by atoms with E-state index in [1.54, 1.807) is 13.2 Å². The number of aromatic amines is 1. The number of hydrogen-bond acceptors (Lipinski definition) is 6. The number of carbonyl (C=O) groups is 1. The van der Waals surface area contributed by atoms with Crippen LogP contribution in [0.15, 0.2) is 18.3 Å². The molecule has 2 aliphatic rings. The maximum Gasteiger partial charge on any atom is 0.329 e. The van der Waals surface area contributed by atoms with Gasteiger partial charge in [-0.1, -0.05) is 0 Å². The first-order valence-electron chi connectivity index (χ1n) is 11.4. The number of benzene rings is 1. The van der Waals surface area contributed by atoms with Crippen molar-refractivity contribution in [3.8, 4) is 11.5 Å². The minimum atomic E-state index is -0.971. The number of likely N-dealkylation sites (N-methyl/N-ethyl adjacent to an activating group) is 1. The summed E-state index contributed by atoms with van der Waals surface area (Å²) in [6.07, 6.45) is 1.64. The highest BCUT2D eigenvalue weighted by Crippen LogP contribution is 2.42. The largest absolute Gasteiger partial charge is 0.493 e. The third-order valence-electron chi connectivity index (χ3n) is 6.75. The van der Waals surface area contributed by atoms with Crippen LogP contribution in [-0.4, -0.2) is 80.3 Å². The molecule has 0 atom stereocenters. The lowest BCUT2D eigenvalue weighted by Gasteiger charge is -2.35.